The summed E-state index contributed by atoms with van der Waals surface area (Å²) >= 11 is 0. The van der Waals surface area contributed by atoms with Gasteiger partial charge in [0.1, 0.15) is 12.3 Å². The van der Waals surface area contributed by atoms with Crippen molar-refractivity contribution in [1.82, 2.24) is 14.9 Å². The van der Waals surface area contributed by atoms with Crippen molar-refractivity contribution in [1.29, 1.82) is 0 Å². The van der Waals surface area contributed by atoms with Crippen LogP contribution < -0.4 is 16.0 Å². The maximum Gasteiger partial charge on any atom is 0.243 e. The molecule has 0 spiro atoms. The van der Waals surface area contributed by atoms with Crippen molar-refractivity contribution in [2.24, 2.45) is 0 Å². The summed E-state index contributed by atoms with van der Waals surface area (Å²) in [5, 5.41) is 8.75. The maximum atomic E-state index is 11.2. The third-order valence-electron chi connectivity index (χ3n) is 5.42. The molecule has 4 heterocycles. The van der Waals surface area contributed by atoms with Crippen molar-refractivity contribution in [3.05, 3.63) is 65.6 Å². The van der Waals surface area contributed by atoms with E-state index < -0.39 is 0 Å². The first-order valence-corrected chi connectivity index (χ1v) is 11.0. The number of likely N-dealkylation sites (tertiary alicyclic amines) is 1. The van der Waals surface area contributed by atoms with Crippen LogP contribution in [0.4, 0.5) is 17.5 Å². The second kappa shape index (κ2) is 10.8. The normalized spacial score (nSPS) is 17.2. The Bertz CT molecular complexity index is 998. The third-order valence-corrected chi connectivity index (χ3v) is 5.42. The fourth-order valence-corrected chi connectivity index (χ4v) is 3.80. The summed E-state index contributed by atoms with van der Waals surface area (Å²) in [7, 11) is 0. The Morgan fingerprint density at radius 1 is 1.25 bits per heavy atom. The van der Waals surface area contributed by atoms with Crippen LogP contribution >= 0.6 is 0 Å². The van der Waals surface area contributed by atoms with Gasteiger partial charge in [0.05, 0.1) is 19.0 Å². The summed E-state index contributed by atoms with van der Waals surface area (Å²) in [6, 6.07) is 8.83. The Kier molecular flexibility index (Phi) is 7.34. The molecule has 0 atom stereocenters. The molecule has 32 heavy (non-hydrogen) atoms. The SMILES string of the molecule is Cc1cccc(CN2CCCC2)c1.O=C1CNc2nc(NCC3=CC=COC3)ncc2N1. The zero-order valence-electron chi connectivity index (χ0n) is 18.4. The first-order chi connectivity index (χ1) is 15.7. The predicted molar refractivity (Wildman–Crippen MR) is 127 cm³/mol. The number of aryl methyl sites for hydroxylation is 1. The molecule has 1 aromatic heterocycles. The van der Waals surface area contributed by atoms with E-state index in [4.69, 9.17) is 4.74 Å². The average molecular weight is 435 g/mol. The van der Waals surface area contributed by atoms with Gasteiger partial charge in [0.15, 0.2) is 5.82 Å². The number of anilines is 3. The minimum Gasteiger partial charge on any atom is -0.497 e. The number of aromatic nitrogens is 2. The number of nitrogens with zero attached hydrogens (tertiary/aromatic N) is 3. The zero-order valence-corrected chi connectivity index (χ0v) is 18.4. The number of allylic oxidation sites excluding steroid dienone is 2. The summed E-state index contributed by atoms with van der Waals surface area (Å²) in [5.41, 5.74) is 4.55. The van der Waals surface area contributed by atoms with Gasteiger partial charge in [-0.15, -0.1) is 0 Å². The Morgan fingerprint density at radius 3 is 2.91 bits per heavy atom. The van der Waals surface area contributed by atoms with Crippen LogP contribution in [-0.4, -0.2) is 53.6 Å². The lowest BCUT2D eigenvalue weighted by atomic mass is 10.1. The number of amides is 1. The fourth-order valence-electron chi connectivity index (χ4n) is 3.80. The minimum atomic E-state index is -0.0897. The average Bonchev–Trinajstić information content (AvgIpc) is 3.32. The van der Waals surface area contributed by atoms with Gasteiger partial charge in [-0.05, 0) is 50.1 Å². The molecule has 1 saturated heterocycles. The van der Waals surface area contributed by atoms with Crippen LogP contribution in [0, 0.1) is 6.92 Å². The fraction of sp³-hybridized carbons (Fsp3) is 0.375. The van der Waals surface area contributed by atoms with E-state index in [1.165, 1.54) is 37.1 Å². The number of nitrogens with one attached hydrogen (secondary N) is 3. The van der Waals surface area contributed by atoms with Gasteiger partial charge in [0, 0.05) is 13.1 Å². The van der Waals surface area contributed by atoms with Crippen molar-refractivity contribution in [3.63, 3.8) is 0 Å². The van der Waals surface area contributed by atoms with E-state index >= 15 is 0 Å². The summed E-state index contributed by atoms with van der Waals surface area (Å²) in [4.78, 5) is 22.2. The highest BCUT2D eigenvalue weighted by Crippen LogP contribution is 2.22. The van der Waals surface area contributed by atoms with Crippen LogP contribution in [0.2, 0.25) is 0 Å². The van der Waals surface area contributed by atoms with Crippen LogP contribution in [0.25, 0.3) is 0 Å². The van der Waals surface area contributed by atoms with Crippen molar-refractivity contribution in [2.45, 2.75) is 26.3 Å². The van der Waals surface area contributed by atoms with Gasteiger partial charge in [-0.2, -0.15) is 4.98 Å². The molecule has 8 heteroatoms. The van der Waals surface area contributed by atoms with Crippen molar-refractivity contribution in [3.8, 4) is 0 Å². The van der Waals surface area contributed by atoms with Gasteiger partial charge < -0.3 is 20.7 Å². The molecule has 0 bridgehead atoms. The zero-order chi connectivity index (χ0) is 22.2. The van der Waals surface area contributed by atoms with Gasteiger partial charge in [-0.3, -0.25) is 9.69 Å². The monoisotopic (exact) mass is 434 g/mol. The van der Waals surface area contributed by atoms with E-state index in [1.807, 2.05) is 12.2 Å². The first-order valence-electron chi connectivity index (χ1n) is 11.0. The van der Waals surface area contributed by atoms with Crippen molar-refractivity contribution in [2.75, 3.05) is 48.7 Å². The lowest BCUT2D eigenvalue weighted by Crippen LogP contribution is -2.28. The highest BCUT2D eigenvalue weighted by molar-refractivity contribution is 5.99. The molecule has 2 aromatic rings. The molecule has 8 nitrogen and oxygen atoms in total. The van der Waals surface area contributed by atoms with Gasteiger partial charge >= 0.3 is 0 Å². The molecule has 1 aromatic carbocycles. The Labute approximate surface area is 188 Å². The van der Waals surface area contributed by atoms with Crippen LogP contribution in [0.3, 0.4) is 0 Å². The number of carbonyl (C=O) groups excluding carboxylic acids is 1. The lowest BCUT2D eigenvalue weighted by molar-refractivity contribution is -0.114. The number of ether oxygens (including phenoxy) is 1. The number of fused-ring (bicyclic) bond motifs is 1. The standard InChI is InChI=1S/C12H13N5O2.C12H17N/c18-10-6-13-11-9(16-10)5-15-12(17-11)14-4-8-2-1-3-19-7-8;1-11-5-4-6-12(9-11)10-13-7-2-3-8-13/h1-3,5H,4,6-7H2,(H,16,18)(H2,13,14,15,17);4-6,9H,2-3,7-8,10H2,1H3. The Balaban J connectivity index is 0.000000165. The topological polar surface area (TPSA) is 91.4 Å². The summed E-state index contributed by atoms with van der Waals surface area (Å²) in [6.45, 7) is 7.29. The molecular weight excluding hydrogens is 404 g/mol. The minimum absolute atomic E-state index is 0.0897. The molecule has 1 amide bonds. The number of hydrogen-bond acceptors (Lipinski definition) is 7. The van der Waals surface area contributed by atoms with Crippen LogP contribution in [-0.2, 0) is 16.1 Å². The van der Waals surface area contributed by atoms with Gasteiger partial charge in [0.25, 0.3) is 0 Å². The van der Waals surface area contributed by atoms with Crippen LogP contribution in [0.1, 0.15) is 24.0 Å². The van der Waals surface area contributed by atoms with E-state index in [2.05, 4.69) is 62.0 Å². The summed E-state index contributed by atoms with van der Waals surface area (Å²) in [5.74, 6) is 1.05. The van der Waals surface area contributed by atoms with E-state index in [0.717, 1.165) is 12.1 Å². The van der Waals surface area contributed by atoms with Crippen molar-refractivity contribution < 1.29 is 9.53 Å². The quantitative estimate of drug-likeness (QED) is 0.665. The lowest BCUT2D eigenvalue weighted by Gasteiger charge is -2.18. The number of rotatable bonds is 5. The number of hydrogen-bond donors (Lipinski definition) is 3. The molecule has 0 unspecified atom stereocenters. The summed E-state index contributed by atoms with van der Waals surface area (Å²) < 4.78 is 5.18. The third kappa shape index (κ3) is 6.31. The van der Waals surface area contributed by atoms with E-state index in [0.29, 0.717) is 30.6 Å². The molecule has 0 saturated carbocycles. The maximum absolute atomic E-state index is 11.2. The smallest absolute Gasteiger partial charge is 0.243 e. The van der Waals surface area contributed by atoms with Crippen LogP contribution in [0.5, 0.6) is 0 Å². The summed E-state index contributed by atoms with van der Waals surface area (Å²) in [6.07, 6.45) is 9.85. The van der Waals surface area contributed by atoms with Gasteiger partial charge in [0.2, 0.25) is 11.9 Å². The molecule has 168 valence electrons. The van der Waals surface area contributed by atoms with Gasteiger partial charge in [-0.25, -0.2) is 4.98 Å². The Hall–Kier alpha value is -3.39. The van der Waals surface area contributed by atoms with Crippen LogP contribution in [0.15, 0.2) is 54.4 Å². The molecule has 5 rings (SSSR count). The Morgan fingerprint density at radius 2 is 2.12 bits per heavy atom. The molecular formula is C24H30N6O2. The molecule has 1 fully saturated rings. The molecule has 0 radical (unpaired) electrons. The first kappa shape index (κ1) is 21.8. The largest absolute Gasteiger partial charge is 0.497 e. The second-order valence-corrected chi connectivity index (χ2v) is 8.15. The second-order valence-electron chi connectivity index (χ2n) is 8.15. The van der Waals surface area contributed by atoms with E-state index in [9.17, 15) is 4.79 Å². The highest BCUT2D eigenvalue weighted by Gasteiger charge is 2.16. The molecule has 3 N–H and O–H groups in total. The van der Waals surface area contributed by atoms with E-state index in [1.54, 1.807) is 12.5 Å². The molecule has 3 aliphatic rings. The molecule has 0 aliphatic carbocycles. The predicted octanol–water partition coefficient (Wildman–Crippen LogP) is 3.31. The van der Waals surface area contributed by atoms with E-state index in [-0.39, 0.29) is 12.5 Å². The van der Waals surface area contributed by atoms with Gasteiger partial charge in [-0.1, -0.05) is 35.9 Å². The molecule has 3 aliphatic heterocycles. The highest BCUT2D eigenvalue weighted by atomic mass is 16.5. The number of carbonyl (C=O) groups is 1. The number of benzene rings is 1. The van der Waals surface area contributed by atoms with Crippen molar-refractivity contribution >= 4 is 23.4 Å².